The molecule has 0 aliphatic heterocycles. The molecule has 0 bridgehead atoms. The molecule has 1 amide bonds. The Labute approximate surface area is 160 Å². The molecule has 0 saturated carbocycles. The van der Waals surface area contributed by atoms with Gasteiger partial charge in [0.1, 0.15) is 5.82 Å². The normalized spacial score (nSPS) is 12.3. The molecule has 2 aromatic carbocycles. The molecule has 0 radical (unpaired) electrons. The third kappa shape index (κ3) is 4.68. The monoisotopic (exact) mass is 385 g/mol. The van der Waals surface area contributed by atoms with Gasteiger partial charge in [0.2, 0.25) is 0 Å². The van der Waals surface area contributed by atoms with Gasteiger partial charge in [-0.05, 0) is 36.8 Å². The van der Waals surface area contributed by atoms with Crippen LogP contribution in [-0.4, -0.2) is 10.9 Å². The minimum Gasteiger partial charge on any atom is -0.346 e. The van der Waals surface area contributed by atoms with Crippen LogP contribution in [0.2, 0.25) is 0 Å². The van der Waals surface area contributed by atoms with Crippen LogP contribution < -0.4 is 10.6 Å². The van der Waals surface area contributed by atoms with E-state index >= 15 is 0 Å². The van der Waals surface area contributed by atoms with Crippen molar-refractivity contribution in [2.45, 2.75) is 19.1 Å². The summed E-state index contributed by atoms with van der Waals surface area (Å²) in [5, 5.41) is 5.51. The number of carbonyl (C=O) groups is 1. The second-order valence-corrected chi connectivity index (χ2v) is 6.20. The Morgan fingerprint density at radius 2 is 1.68 bits per heavy atom. The molecule has 3 aromatic rings. The van der Waals surface area contributed by atoms with Gasteiger partial charge in [0.15, 0.2) is 0 Å². The van der Waals surface area contributed by atoms with Gasteiger partial charge in [-0.15, -0.1) is 0 Å². The summed E-state index contributed by atoms with van der Waals surface area (Å²) < 4.78 is 39.4. The van der Waals surface area contributed by atoms with Gasteiger partial charge in [-0.1, -0.05) is 42.5 Å². The predicted molar refractivity (Wildman–Crippen MR) is 101 cm³/mol. The average Bonchev–Trinajstić information content (AvgIpc) is 2.68. The smallest absolute Gasteiger partial charge is 0.346 e. The van der Waals surface area contributed by atoms with Gasteiger partial charge in [0.05, 0.1) is 17.3 Å². The summed E-state index contributed by atoms with van der Waals surface area (Å²) in [6, 6.07) is 17.3. The van der Waals surface area contributed by atoms with Crippen molar-refractivity contribution in [2.24, 2.45) is 0 Å². The highest BCUT2D eigenvalue weighted by molar-refractivity contribution is 5.95. The van der Waals surface area contributed by atoms with Crippen LogP contribution in [0.1, 0.15) is 34.5 Å². The molecule has 0 spiro atoms. The van der Waals surface area contributed by atoms with Crippen molar-refractivity contribution in [3.63, 3.8) is 0 Å². The van der Waals surface area contributed by atoms with Crippen molar-refractivity contribution >= 4 is 17.4 Å². The highest BCUT2D eigenvalue weighted by Crippen LogP contribution is 2.35. The molecule has 3 rings (SSSR count). The molecule has 0 aliphatic rings. The summed E-state index contributed by atoms with van der Waals surface area (Å²) in [7, 11) is 0. The van der Waals surface area contributed by atoms with Gasteiger partial charge >= 0.3 is 6.18 Å². The molecule has 0 aliphatic carbocycles. The number of aromatic nitrogens is 1. The number of hydrogen-bond donors (Lipinski definition) is 2. The van der Waals surface area contributed by atoms with E-state index in [0.29, 0.717) is 5.56 Å². The van der Waals surface area contributed by atoms with E-state index < -0.39 is 11.7 Å². The van der Waals surface area contributed by atoms with E-state index in [9.17, 15) is 18.0 Å². The Kier molecular flexibility index (Phi) is 5.63. The second kappa shape index (κ2) is 8.12. The van der Waals surface area contributed by atoms with E-state index in [0.717, 1.165) is 11.6 Å². The van der Waals surface area contributed by atoms with Gasteiger partial charge < -0.3 is 10.6 Å². The lowest BCUT2D eigenvalue weighted by Crippen LogP contribution is -2.26. The summed E-state index contributed by atoms with van der Waals surface area (Å²) in [6.07, 6.45) is -3.12. The third-order valence-electron chi connectivity index (χ3n) is 4.16. The van der Waals surface area contributed by atoms with Crippen molar-refractivity contribution in [3.8, 4) is 0 Å². The lowest BCUT2D eigenvalue weighted by molar-refractivity contribution is -0.136. The standard InChI is InChI=1S/C21H18F3N3O/c1-14(15-7-3-2-4-8-15)26-20(28)16-11-12-25-19(13-16)27-18-10-6-5-9-17(18)21(22,23)24/h2-14H,1H3,(H,25,27)(H,26,28). The van der Waals surface area contributed by atoms with Crippen LogP contribution in [0.4, 0.5) is 24.7 Å². The second-order valence-electron chi connectivity index (χ2n) is 6.20. The van der Waals surface area contributed by atoms with Crippen LogP contribution in [0, 0.1) is 0 Å². The number of halogens is 3. The van der Waals surface area contributed by atoms with E-state index in [1.54, 1.807) is 0 Å². The van der Waals surface area contributed by atoms with Crippen molar-refractivity contribution in [1.82, 2.24) is 10.3 Å². The number of carbonyl (C=O) groups excluding carboxylic acids is 1. The van der Waals surface area contributed by atoms with Crippen LogP contribution in [-0.2, 0) is 6.18 Å². The third-order valence-corrected chi connectivity index (χ3v) is 4.16. The first kappa shape index (κ1) is 19.4. The highest BCUT2D eigenvalue weighted by atomic mass is 19.4. The zero-order valence-electron chi connectivity index (χ0n) is 15.0. The quantitative estimate of drug-likeness (QED) is 0.624. The van der Waals surface area contributed by atoms with Crippen molar-refractivity contribution < 1.29 is 18.0 Å². The van der Waals surface area contributed by atoms with E-state index in [1.807, 2.05) is 37.3 Å². The maximum Gasteiger partial charge on any atom is 0.418 e. The number of nitrogens with one attached hydrogen (secondary N) is 2. The van der Waals surface area contributed by atoms with E-state index in [1.165, 1.54) is 36.5 Å². The summed E-state index contributed by atoms with van der Waals surface area (Å²) in [4.78, 5) is 16.5. The van der Waals surface area contributed by atoms with Crippen LogP contribution in [0.5, 0.6) is 0 Å². The Balaban J connectivity index is 1.77. The summed E-state index contributed by atoms with van der Waals surface area (Å²) in [5.74, 6) is -0.192. The van der Waals surface area contributed by atoms with E-state index in [-0.39, 0.29) is 23.5 Å². The lowest BCUT2D eigenvalue weighted by Gasteiger charge is -2.16. The SMILES string of the molecule is CC(NC(=O)c1ccnc(Nc2ccccc2C(F)(F)F)c1)c1ccccc1. The predicted octanol–water partition coefficient (Wildman–Crippen LogP) is 5.34. The molecule has 4 nitrogen and oxygen atoms in total. The van der Waals surface area contributed by atoms with Crippen LogP contribution in [0.25, 0.3) is 0 Å². The Morgan fingerprint density at radius 3 is 2.39 bits per heavy atom. The lowest BCUT2D eigenvalue weighted by atomic mass is 10.1. The fourth-order valence-corrected chi connectivity index (χ4v) is 2.72. The maximum absolute atomic E-state index is 13.1. The van der Waals surface area contributed by atoms with Crippen molar-refractivity contribution in [1.29, 1.82) is 0 Å². The molecule has 1 unspecified atom stereocenters. The van der Waals surface area contributed by atoms with Crippen LogP contribution in [0.3, 0.4) is 0 Å². The van der Waals surface area contributed by atoms with Gasteiger partial charge in [-0.3, -0.25) is 4.79 Å². The van der Waals surface area contributed by atoms with Gasteiger partial charge in [0, 0.05) is 11.8 Å². The topological polar surface area (TPSA) is 54.0 Å². The van der Waals surface area contributed by atoms with Gasteiger partial charge in [-0.2, -0.15) is 13.2 Å². The number of alkyl halides is 3. The maximum atomic E-state index is 13.1. The molecule has 2 N–H and O–H groups in total. The Bertz CT molecular complexity index is 958. The number of anilines is 2. The zero-order chi connectivity index (χ0) is 20.1. The molecule has 144 valence electrons. The molecule has 1 atom stereocenters. The number of nitrogens with zero attached hydrogens (tertiary/aromatic N) is 1. The fraction of sp³-hybridized carbons (Fsp3) is 0.143. The minimum atomic E-state index is -4.50. The average molecular weight is 385 g/mol. The molecule has 1 aromatic heterocycles. The number of benzene rings is 2. The first-order valence-electron chi connectivity index (χ1n) is 8.59. The number of amides is 1. The van der Waals surface area contributed by atoms with Crippen LogP contribution >= 0.6 is 0 Å². The van der Waals surface area contributed by atoms with Gasteiger partial charge in [0.25, 0.3) is 5.91 Å². The molecule has 0 fully saturated rings. The van der Waals surface area contributed by atoms with Crippen molar-refractivity contribution in [3.05, 3.63) is 89.6 Å². The Hall–Kier alpha value is -3.35. The summed E-state index contributed by atoms with van der Waals surface area (Å²) in [5.41, 5.74) is 0.314. The first-order valence-corrected chi connectivity index (χ1v) is 8.59. The van der Waals surface area contributed by atoms with Crippen LogP contribution in [0.15, 0.2) is 72.9 Å². The highest BCUT2D eigenvalue weighted by Gasteiger charge is 2.33. The molecular formula is C21H18F3N3O. The molecule has 1 heterocycles. The molecule has 7 heteroatoms. The number of rotatable bonds is 5. The van der Waals surface area contributed by atoms with Gasteiger partial charge in [-0.25, -0.2) is 4.98 Å². The van der Waals surface area contributed by atoms with E-state index in [4.69, 9.17) is 0 Å². The summed E-state index contributed by atoms with van der Waals surface area (Å²) in [6.45, 7) is 1.85. The van der Waals surface area contributed by atoms with Crippen molar-refractivity contribution in [2.75, 3.05) is 5.32 Å². The fourth-order valence-electron chi connectivity index (χ4n) is 2.72. The molecule has 0 saturated heterocycles. The Morgan fingerprint density at radius 1 is 1.00 bits per heavy atom. The molecule has 28 heavy (non-hydrogen) atoms. The number of hydrogen-bond acceptors (Lipinski definition) is 3. The molecular weight excluding hydrogens is 367 g/mol. The number of pyridine rings is 1. The van der Waals surface area contributed by atoms with E-state index in [2.05, 4.69) is 15.6 Å². The number of para-hydroxylation sites is 1. The largest absolute Gasteiger partial charge is 0.418 e. The minimum absolute atomic E-state index is 0.127. The summed E-state index contributed by atoms with van der Waals surface area (Å²) >= 11 is 0. The zero-order valence-corrected chi connectivity index (χ0v) is 15.0. The first-order chi connectivity index (χ1) is 13.3.